The van der Waals surface area contributed by atoms with E-state index >= 15 is 0 Å². The van der Waals surface area contributed by atoms with Crippen LogP contribution in [0.1, 0.15) is 38.2 Å². The van der Waals surface area contributed by atoms with Crippen LogP contribution in [-0.4, -0.2) is 12.1 Å². The highest BCUT2D eigenvalue weighted by molar-refractivity contribution is 6.31. The largest absolute Gasteiger partial charge is 0.311 e. The molecule has 1 fully saturated rings. The molecule has 88 valence electrons. The van der Waals surface area contributed by atoms with Gasteiger partial charge in [0.1, 0.15) is 5.82 Å². The summed E-state index contributed by atoms with van der Waals surface area (Å²) in [6, 6.07) is 5.70. The van der Waals surface area contributed by atoms with Crippen molar-refractivity contribution < 1.29 is 4.39 Å². The number of hydrogen-bond donors (Lipinski definition) is 1. The van der Waals surface area contributed by atoms with E-state index in [0.29, 0.717) is 23.0 Å². The van der Waals surface area contributed by atoms with Gasteiger partial charge in [-0.1, -0.05) is 24.6 Å². The van der Waals surface area contributed by atoms with Gasteiger partial charge in [0.05, 0.1) is 0 Å². The van der Waals surface area contributed by atoms with Gasteiger partial charge in [0.15, 0.2) is 0 Å². The Kier molecular flexibility index (Phi) is 3.50. The van der Waals surface area contributed by atoms with Crippen LogP contribution in [0.3, 0.4) is 0 Å². The molecule has 0 aliphatic carbocycles. The lowest BCUT2D eigenvalue weighted by molar-refractivity contribution is 0.516. The van der Waals surface area contributed by atoms with Crippen molar-refractivity contribution in [3.63, 3.8) is 0 Å². The molecular formula is C13H17ClFN. The van der Waals surface area contributed by atoms with Gasteiger partial charge in [0.25, 0.3) is 0 Å². The molecule has 0 bridgehead atoms. The fourth-order valence-corrected chi connectivity index (χ4v) is 2.95. The van der Waals surface area contributed by atoms with Crippen LogP contribution in [0.15, 0.2) is 18.2 Å². The van der Waals surface area contributed by atoms with Crippen LogP contribution < -0.4 is 5.32 Å². The molecule has 0 amide bonds. The van der Waals surface area contributed by atoms with Crippen molar-refractivity contribution in [2.24, 2.45) is 0 Å². The zero-order chi connectivity index (χ0) is 11.7. The van der Waals surface area contributed by atoms with Crippen LogP contribution >= 0.6 is 11.6 Å². The van der Waals surface area contributed by atoms with Crippen molar-refractivity contribution in [1.29, 1.82) is 0 Å². The van der Waals surface area contributed by atoms with E-state index in [2.05, 4.69) is 19.2 Å². The van der Waals surface area contributed by atoms with E-state index in [1.165, 1.54) is 12.1 Å². The summed E-state index contributed by atoms with van der Waals surface area (Å²) in [6.45, 7) is 4.35. The van der Waals surface area contributed by atoms with Gasteiger partial charge in [-0.05, 0) is 37.5 Å². The summed E-state index contributed by atoms with van der Waals surface area (Å²) in [5, 5.41) is 4.10. The summed E-state index contributed by atoms with van der Waals surface area (Å²) in [6.07, 6.45) is 2.15. The molecule has 0 radical (unpaired) electrons. The van der Waals surface area contributed by atoms with Gasteiger partial charge >= 0.3 is 0 Å². The van der Waals surface area contributed by atoms with Crippen LogP contribution in [0.2, 0.25) is 5.02 Å². The average Bonchev–Trinajstić information content (AvgIpc) is 2.59. The van der Waals surface area contributed by atoms with E-state index in [9.17, 15) is 4.39 Å². The predicted octanol–water partition coefficient (Wildman–Crippen LogP) is 3.72. The lowest BCUT2D eigenvalue weighted by atomic mass is 9.89. The standard InChI is InChI=1S/C13H17ClFN/c1-3-13-11(6-8(2)16-13)10-5-4-9(15)7-12(10)14/h4-5,7-8,11,13,16H,3,6H2,1-2H3. The number of rotatable bonds is 2. The number of benzene rings is 1. The Morgan fingerprint density at radius 2 is 2.25 bits per heavy atom. The first kappa shape index (κ1) is 11.9. The molecule has 1 aromatic carbocycles. The van der Waals surface area contributed by atoms with Gasteiger partial charge in [-0.15, -0.1) is 0 Å². The Labute approximate surface area is 101 Å². The van der Waals surface area contributed by atoms with Gasteiger partial charge < -0.3 is 5.32 Å². The zero-order valence-electron chi connectivity index (χ0n) is 9.63. The second kappa shape index (κ2) is 4.72. The molecule has 1 N–H and O–H groups in total. The molecule has 3 atom stereocenters. The average molecular weight is 242 g/mol. The first-order chi connectivity index (χ1) is 7.61. The maximum absolute atomic E-state index is 13.0. The number of halogens is 2. The quantitative estimate of drug-likeness (QED) is 0.832. The van der Waals surface area contributed by atoms with E-state index in [1.807, 2.05) is 6.07 Å². The topological polar surface area (TPSA) is 12.0 Å². The van der Waals surface area contributed by atoms with Gasteiger partial charge in [0.2, 0.25) is 0 Å². The first-order valence-electron chi connectivity index (χ1n) is 5.82. The Morgan fingerprint density at radius 1 is 1.50 bits per heavy atom. The second-order valence-electron chi connectivity index (χ2n) is 4.59. The number of hydrogen-bond acceptors (Lipinski definition) is 1. The molecule has 16 heavy (non-hydrogen) atoms. The SMILES string of the molecule is CCC1NC(C)CC1c1ccc(F)cc1Cl. The number of nitrogens with one attached hydrogen (secondary N) is 1. The maximum Gasteiger partial charge on any atom is 0.124 e. The fraction of sp³-hybridized carbons (Fsp3) is 0.538. The molecule has 1 aliphatic rings. The van der Waals surface area contributed by atoms with Crippen LogP contribution in [0, 0.1) is 5.82 Å². The molecule has 3 heteroatoms. The van der Waals surface area contributed by atoms with Crippen molar-refractivity contribution in [3.8, 4) is 0 Å². The minimum atomic E-state index is -0.263. The van der Waals surface area contributed by atoms with E-state index in [0.717, 1.165) is 18.4 Å². The normalized spacial score (nSPS) is 29.6. The molecule has 1 nitrogen and oxygen atoms in total. The van der Waals surface area contributed by atoms with Crippen LogP contribution in [0.25, 0.3) is 0 Å². The molecule has 1 aliphatic heterocycles. The third-order valence-corrected chi connectivity index (χ3v) is 3.72. The van der Waals surface area contributed by atoms with E-state index in [4.69, 9.17) is 11.6 Å². The smallest absolute Gasteiger partial charge is 0.124 e. The fourth-order valence-electron chi connectivity index (χ4n) is 2.64. The van der Waals surface area contributed by atoms with Crippen molar-refractivity contribution in [2.75, 3.05) is 0 Å². The predicted molar refractivity (Wildman–Crippen MR) is 65.4 cm³/mol. The summed E-state index contributed by atoms with van der Waals surface area (Å²) in [5.41, 5.74) is 1.08. The highest BCUT2D eigenvalue weighted by atomic mass is 35.5. The van der Waals surface area contributed by atoms with E-state index < -0.39 is 0 Å². The summed E-state index contributed by atoms with van der Waals surface area (Å²) in [7, 11) is 0. The lowest BCUT2D eigenvalue weighted by Gasteiger charge is -2.19. The molecule has 1 saturated heterocycles. The van der Waals surface area contributed by atoms with Gasteiger partial charge in [0, 0.05) is 23.0 Å². The molecule has 0 aromatic heterocycles. The second-order valence-corrected chi connectivity index (χ2v) is 5.00. The zero-order valence-corrected chi connectivity index (χ0v) is 10.4. The molecular weight excluding hydrogens is 225 g/mol. The molecule has 1 heterocycles. The minimum absolute atomic E-state index is 0.263. The highest BCUT2D eigenvalue weighted by Crippen LogP contribution is 2.36. The molecule has 2 rings (SSSR count). The molecule has 3 unspecified atom stereocenters. The molecule has 0 saturated carbocycles. The van der Waals surface area contributed by atoms with E-state index in [-0.39, 0.29) is 5.82 Å². The van der Waals surface area contributed by atoms with E-state index in [1.54, 1.807) is 0 Å². The first-order valence-corrected chi connectivity index (χ1v) is 6.20. The van der Waals surface area contributed by atoms with Crippen molar-refractivity contribution in [1.82, 2.24) is 5.32 Å². The molecule has 1 aromatic rings. The Bertz CT molecular complexity index is 380. The Hall–Kier alpha value is -0.600. The maximum atomic E-state index is 13.0. The Morgan fingerprint density at radius 3 is 2.88 bits per heavy atom. The monoisotopic (exact) mass is 241 g/mol. The minimum Gasteiger partial charge on any atom is -0.311 e. The van der Waals surface area contributed by atoms with Gasteiger partial charge in [-0.3, -0.25) is 0 Å². The summed E-state index contributed by atoms with van der Waals surface area (Å²) < 4.78 is 13.0. The third-order valence-electron chi connectivity index (χ3n) is 3.39. The van der Waals surface area contributed by atoms with Crippen molar-refractivity contribution >= 4 is 11.6 Å². The van der Waals surface area contributed by atoms with Gasteiger partial charge in [-0.25, -0.2) is 4.39 Å². The Balaban J connectivity index is 2.29. The van der Waals surface area contributed by atoms with Crippen LogP contribution in [0.5, 0.6) is 0 Å². The lowest BCUT2D eigenvalue weighted by Crippen LogP contribution is -2.28. The van der Waals surface area contributed by atoms with Crippen LogP contribution in [-0.2, 0) is 0 Å². The van der Waals surface area contributed by atoms with Crippen molar-refractivity contribution in [3.05, 3.63) is 34.6 Å². The molecule has 0 spiro atoms. The summed E-state index contributed by atoms with van der Waals surface area (Å²) in [5.74, 6) is 0.147. The van der Waals surface area contributed by atoms with Crippen molar-refractivity contribution in [2.45, 2.75) is 44.7 Å². The van der Waals surface area contributed by atoms with Gasteiger partial charge in [-0.2, -0.15) is 0 Å². The van der Waals surface area contributed by atoms with Crippen LogP contribution in [0.4, 0.5) is 4.39 Å². The summed E-state index contributed by atoms with van der Waals surface area (Å²) in [4.78, 5) is 0. The third kappa shape index (κ3) is 2.23. The summed E-state index contributed by atoms with van der Waals surface area (Å²) >= 11 is 6.11. The highest BCUT2D eigenvalue weighted by Gasteiger charge is 2.32.